The molecule has 3 rings (SSSR count). The van der Waals surface area contributed by atoms with Crippen molar-refractivity contribution in [3.05, 3.63) is 78.1 Å². The average Bonchev–Trinajstić information content (AvgIpc) is 2.76. The number of anilines is 1. The van der Waals surface area contributed by atoms with Gasteiger partial charge < -0.3 is 20.1 Å². The Morgan fingerprint density at radius 2 is 1.64 bits per heavy atom. The largest absolute Gasteiger partial charge is 0.497 e. The highest BCUT2D eigenvalue weighted by atomic mass is 16.5. The van der Waals surface area contributed by atoms with Gasteiger partial charge in [0.15, 0.2) is 0 Å². The van der Waals surface area contributed by atoms with E-state index in [9.17, 15) is 4.79 Å². The third-order valence-electron chi connectivity index (χ3n) is 3.92. The highest BCUT2D eigenvalue weighted by molar-refractivity contribution is 5.93. The molecule has 1 amide bonds. The molecule has 7 heteroatoms. The molecule has 0 saturated heterocycles. The zero-order valence-corrected chi connectivity index (χ0v) is 15.6. The first-order valence-corrected chi connectivity index (χ1v) is 8.89. The van der Waals surface area contributed by atoms with E-state index in [2.05, 4.69) is 20.6 Å². The second kappa shape index (κ2) is 9.91. The summed E-state index contributed by atoms with van der Waals surface area (Å²) >= 11 is 0. The van der Waals surface area contributed by atoms with Crippen molar-refractivity contribution in [2.45, 2.75) is 6.54 Å². The molecule has 0 saturated carbocycles. The summed E-state index contributed by atoms with van der Waals surface area (Å²) in [5.74, 6) is 1.77. The van der Waals surface area contributed by atoms with Crippen LogP contribution in [0.25, 0.3) is 0 Å². The number of aromatic nitrogens is 2. The van der Waals surface area contributed by atoms with E-state index in [0.717, 1.165) is 17.1 Å². The number of ether oxygens (including phenoxy) is 2. The molecule has 2 N–H and O–H groups in total. The van der Waals surface area contributed by atoms with E-state index in [1.807, 2.05) is 54.6 Å². The molecule has 0 spiro atoms. The maximum Gasteiger partial charge on any atom is 0.254 e. The highest BCUT2D eigenvalue weighted by Gasteiger charge is 2.07. The Kier molecular flexibility index (Phi) is 6.78. The van der Waals surface area contributed by atoms with Gasteiger partial charge in [0.1, 0.15) is 18.1 Å². The van der Waals surface area contributed by atoms with Gasteiger partial charge in [-0.25, -0.2) is 9.97 Å². The second-order valence-electron chi connectivity index (χ2n) is 5.91. The number of carbonyl (C=O) groups excluding carboxylic acids is 1. The van der Waals surface area contributed by atoms with Crippen LogP contribution in [0, 0.1) is 0 Å². The fraction of sp³-hybridized carbons (Fsp3) is 0.190. The van der Waals surface area contributed by atoms with Gasteiger partial charge in [-0.05, 0) is 29.8 Å². The third-order valence-corrected chi connectivity index (χ3v) is 3.92. The average molecular weight is 378 g/mol. The third kappa shape index (κ3) is 5.70. The molecule has 0 unspecified atom stereocenters. The van der Waals surface area contributed by atoms with Gasteiger partial charge >= 0.3 is 0 Å². The number of hydrogen-bond acceptors (Lipinski definition) is 6. The molecule has 28 heavy (non-hydrogen) atoms. The Labute approximate surface area is 163 Å². The SMILES string of the molecule is COc1ccc(OCCNc2ncc(C(=O)NCc3ccccc3)cn2)cc1. The van der Waals surface area contributed by atoms with Crippen LogP contribution in [-0.2, 0) is 6.54 Å². The maximum atomic E-state index is 12.2. The van der Waals surface area contributed by atoms with Crippen LogP contribution in [0.15, 0.2) is 67.0 Å². The Hall–Kier alpha value is -3.61. The summed E-state index contributed by atoms with van der Waals surface area (Å²) in [7, 11) is 1.62. The predicted octanol–water partition coefficient (Wildman–Crippen LogP) is 2.91. The van der Waals surface area contributed by atoms with Crippen molar-refractivity contribution >= 4 is 11.9 Å². The number of rotatable bonds is 9. The van der Waals surface area contributed by atoms with Crippen LogP contribution in [-0.4, -0.2) is 36.1 Å². The molecule has 7 nitrogen and oxygen atoms in total. The molecule has 3 aromatic rings. The topological polar surface area (TPSA) is 85.4 Å². The van der Waals surface area contributed by atoms with E-state index in [1.165, 1.54) is 12.4 Å². The van der Waals surface area contributed by atoms with Crippen LogP contribution in [0.5, 0.6) is 11.5 Å². The van der Waals surface area contributed by atoms with Gasteiger partial charge in [0.2, 0.25) is 5.95 Å². The normalized spacial score (nSPS) is 10.2. The zero-order chi connectivity index (χ0) is 19.6. The van der Waals surface area contributed by atoms with E-state index in [-0.39, 0.29) is 5.91 Å². The first-order valence-electron chi connectivity index (χ1n) is 8.89. The highest BCUT2D eigenvalue weighted by Crippen LogP contribution is 2.16. The van der Waals surface area contributed by atoms with Crippen LogP contribution in [0.4, 0.5) is 5.95 Å². The van der Waals surface area contributed by atoms with Crippen molar-refractivity contribution in [2.24, 2.45) is 0 Å². The molecule has 0 aliphatic rings. The standard InChI is InChI=1S/C21H22N4O3/c1-27-18-7-9-19(10-8-18)28-12-11-22-21-24-14-17(15-25-21)20(26)23-13-16-5-3-2-4-6-16/h2-10,14-15H,11-13H2,1H3,(H,23,26)(H,22,24,25). The van der Waals surface area contributed by atoms with Crippen LogP contribution in [0.3, 0.4) is 0 Å². The van der Waals surface area contributed by atoms with Gasteiger partial charge in [-0.1, -0.05) is 30.3 Å². The Morgan fingerprint density at radius 3 is 2.32 bits per heavy atom. The molecule has 144 valence electrons. The molecule has 0 atom stereocenters. The smallest absolute Gasteiger partial charge is 0.254 e. The summed E-state index contributed by atoms with van der Waals surface area (Å²) in [6, 6.07) is 17.1. The number of nitrogens with one attached hydrogen (secondary N) is 2. The summed E-state index contributed by atoms with van der Waals surface area (Å²) in [5, 5.41) is 5.90. The second-order valence-corrected chi connectivity index (χ2v) is 5.91. The van der Waals surface area contributed by atoms with Crippen LogP contribution in [0.1, 0.15) is 15.9 Å². The molecule has 0 radical (unpaired) electrons. The first kappa shape index (κ1) is 19.2. The van der Waals surface area contributed by atoms with Gasteiger partial charge in [-0.3, -0.25) is 4.79 Å². The lowest BCUT2D eigenvalue weighted by Gasteiger charge is -2.09. The molecule has 0 bridgehead atoms. The van der Waals surface area contributed by atoms with Gasteiger partial charge in [0, 0.05) is 18.9 Å². The minimum atomic E-state index is -0.210. The van der Waals surface area contributed by atoms with E-state index >= 15 is 0 Å². The molecule has 0 aliphatic heterocycles. The molecular formula is C21H22N4O3. The number of nitrogens with zero attached hydrogens (tertiary/aromatic N) is 2. The number of hydrogen-bond donors (Lipinski definition) is 2. The minimum Gasteiger partial charge on any atom is -0.497 e. The minimum absolute atomic E-state index is 0.210. The zero-order valence-electron chi connectivity index (χ0n) is 15.6. The lowest BCUT2D eigenvalue weighted by molar-refractivity contribution is 0.0950. The van der Waals surface area contributed by atoms with Gasteiger partial charge in [-0.15, -0.1) is 0 Å². The van der Waals surface area contributed by atoms with Gasteiger partial charge in [0.05, 0.1) is 19.2 Å². The molecular weight excluding hydrogens is 356 g/mol. The van der Waals surface area contributed by atoms with Crippen molar-refractivity contribution < 1.29 is 14.3 Å². The summed E-state index contributed by atoms with van der Waals surface area (Å²) in [5.41, 5.74) is 1.45. The fourth-order valence-electron chi connectivity index (χ4n) is 2.42. The van der Waals surface area contributed by atoms with E-state index in [0.29, 0.717) is 31.2 Å². The summed E-state index contributed by atoms with van der Waals surface area (Å²) in [4.78, 5) is 20.5. The van der Waals surface area contributed by atoms with Crippen molar-refractivity contribution in [1.82, 2.24) is 15.3 Å². The van der Waals surface area contributed by atoms with Crippen LogP contribution in [0.2, 0.25) is 0 Å². The van der Waals surface area contributed by atoms with E-state index in [1.54, 1.807) is 7.11 Å². The number of benzene rings is 2. The van der Waals surface area contributed by atoms with Gasteiger partial charge in [0.25, 0.3) is 5.91 Å². The lowest BCUT2D eigenvalue weighted by Crippen LogP contribution is -2.23. The van der Waals surface area contributed by atoms with Crippen molar-refractivity contribution in [3.8, 4) is 11.5 Å². The van der Waals surface area contributed by atoms with E-state index < -0.39 is 0 Å². The molecule has 0 aliphatic carbocycles. The Bertz CT molecular complexity index is 868. The van der Waals surface area contributed by atoms with E-state index in [4.69, 9.17) is 9.47 Å². The summed E-state index contributed by atoms with van der Waals surface area (Å²) in [6.07, 6.45) is 3.00. The summed E-state index contributed by atoms with van der Waals surface area (Å²) < 4.78 is 10.7. The van der Waals surface area contributed by atoms with Crippen molar-refractivity contribution in [3.63, 3.8) is 0 Å². The molecule has 1 aromatic heterocycles. The van der Waals surface area contributed by atoms with Crippen molar-refractivity contribution in [1.29, 1.82) is 0 Å². The lowest BCUT2D eigenvalue weighted by atomic mass is 10.2. The summed E-state index contributed by atoms with van der Waals surface area (Å²) in [6.45, 7) is 1.45. The number of carbonyl (C=O) groups is 1. The molecule has 2 aromatic carbocycles. The van der Waals surface area contributed by atoms with Crippen LogP contribution >= 0.6 is 0 Å². The fourth-order valence-corrected chi connectivity index (χ4v) is 2.42. The quantitative estimate of drug-likeness (QED) is 0.557. The van der Waals surface area contributed by atoms with Gasteiger partial charge in [-0.2, -0.15) is 0 Å². The molecule has 0 fully saturated rings. The number of methoxy groups -OCH3 is 1. The molecule has 1 heterocycles. The van der Waals surface area contributed by atoms with Crippen molar-refractivity contribution in [2.75, 3.05) is 25.6 Å². The maximum absolute atomic E-state index is 12.2. The predicted molar refractivity (Wildman–Crippen MR) is 107 cm³/mol. The Balaban J connectivity index is 1.40. The first-order chi connectivity index (χ1) is 13.7. The Morgan fingerprint density at radius 1 is 0.964 bits per heavy atom. The number of amides is 1. The van der Waals surface area contributed by atoms with Crippen LogP contribution < -0.4 is 20.1 Å². The monoisotopic (exact) mass is 378 g/mol.